The van der Waals surface area contributed by atoms with E-state index in [0.717, 1.165) is 32.1 Å². The minimum atomic E-state index is -0.493. The molecule has 1 fully saturated rings. The van der Waals surface area contributed by atoms with E-state index < -0.39 is 5.82 Å². The van der Waals surface area contributed by atoms with Crippen molar-refractivity contribution < 1.29 is 13.6 Å². The van der Waals surface area contributed by atoms with Crippen LogP contribution in [0.5, 0.6) is 0 Å². The molecule has 1 amide bonds. The number of carbonyl (C=O) groups is 1. The van der Waals surface area contributed by atoms with Crippen LogP contribution in [0.15, 0.2) is 67.1 Å². The Labute approximate surface area is 233 Å². The Morgan fingerprint density at radius 3 is 2.66 bits per heavy atom. The zero-order valence-electron chi connectivity index (χ0n) is 21.9. The number of hydrogen-bond donors (Lipinski definition) is 3. The minimum Gasteiger partial charge on any atom is -0.336 e. The molecule has 0 bridgehead atoms. The van der Waals surface area contributed by atoms with Crippen molar-refractivity contribution >= 4 is 33.5 Å². The highest BCUT2D eigenvalue weighted by Crippen LogP contribution is 2.35. The standard InChI is InChI=1S/C31H25F2N7O/c32-20-8-4-7-18(13-20)27-28-24(11-12-35-27)37-30(38-28)29-25-23(39-40-29)10-9-22(26(25)33)19-14-21(16-34-15-19)36-31(41)17-5-2-1-3-6-17/h4,7-17H,1-3,5-6H2,(H,36,41)(H,37,38)(H,39,40). The van der Waals surface area contributed by atoms with E-state index in [1.807, 2.05) is 0 Å². The van der Waals surface area contributed by atoms with Gasteiger partial charge in [-0.3, -0.25) is 19.9 Å². The summed E-state index contributed by atoms with van der Waals surface area (Å²) in [7, 11) is 0. The summed E-state index contributed by atoms with van der Waals surface area (Å²) in [6, 6.07) is 13.0. The van der Waals surface area contributed by atoms with Crippen molar-refractivity contribution in [2.45, 2.75) is 32.1 Å². The maximum absolute atomic E-state index is 16.2. The SMILES string of the molecule is O=C(Nc1cncc(-c2ccc3[nH]nc(-c4nc5c(-c6cccc(F)c6)nccc5[nH]4)c3c2F)c1)C1CCCCC1. The first-order valence-electron chi connectivity index (χ1n) is 13.6. The highest BCUT2D eigenvalue weighted by Gasteiger charge is 2.23. The largest absolute Gasteiger partial charge is 0.336 e. The van der Waals surface area contributed by atoms with Crippen LogP contribution in [-0.4, -0.2) is 36.0 Å². The summed E-state index contributed by atoms with van der Waals surface area (Å²) < 4.78 is 30.1. The third-order valence-corrected chi connectivity index (χ3v) is 7.68. The number of halogens is 2. The summed E-state index contributed by atoms with van der Waals surface area (Å²) in [6.45, 7) is 0. The second-order valence-corrected chi connectivity index (χ2v) is 10.4. The number of aromatic amines is 2. The molecule has 8 nitrogen and oxygen atoms in total. The van der Waals surface area contributed by atoms with Gasteiger partial charge in [-0.25, -0.2) is 13.8 Å². The molecule has 4 aromatic heterocycles. The number of amides is 1. The Hall–Kier alpha value is -4.99. The number of nitrogens with one attached hydrogen (secondary N) is 3. The number of nitrogens with zero attached hydrogens (tertiary/aromatic N) is 4. The maximum atomic E-state index is 16.2. The van der Waals surface area contributed by atoms with Crippen molar-refractivity contribution in [3.63, 3.8) is 0 Å². The van der Waals surface area contributed by atoms with Gasteiger partial charge in [-0.1, -0.05) is 31.4 Å². The lowest BCUT2D eigenvalue weighted by molar-refractivity contribution is -0.120. The van der Waals surface area contributed by atoms with Crippen molar-refractivity contribution in [2.75, 3.05) is 5.32 Å². The molecule has 1 saturated carbocycles. The first kappa shape index (κ1) is 25.0. The Morgan fingerprint density at radius 1 is 0.927 bits per heavy atom. The van der Waals surface area contributed by atoms with E-state index in [9.17, 15) is 9.18 Å². The molecule has 6 aromatic rings. The van der Waals surface area contributed by atoms with Gasteiger partial charge in [0, 0.05) is 35.0 Å². The fraction of sp³-hybridized carbons (Fsp3) is 0.194. The first-order valence-corrected chi connectivity index (χ1v) is 13.6. The lowest BCUT2D eigenvalue weighted by Gasteiger charge is -2.20. The second kappa shape index (κ2) is 10.2. The molecule has 10 heteroatoms. The van der Waals surface area contributed by atoms with Crippen LogP contribution in [0.25, 0.3) is 55.8 Å². The van der Waals surface area contributed by atoms with Crippen molar-refractivity contribution in [3.8, 4) is 33.9 Å². The smallest absolute Gasteiger partial charge is 0.227 e. The van der Waals surface area contributed by atoms with Crippen LogP contribution in [0.4, 0.5) is 14.5 Å². The van der Waals surface area contributed by atoms with E-state index in [4.69, 9.17) is 4.98 Å². The molecule has 0 saturated heterocycles. The van der Waals surface area contributed by atoms with Gasteiger partial charge in [0.05, 0.1) is 34.0 Å². The molecular formula is C31H25F2N7O. The van der Waals surface area contributed by atoms with E-state index >= 15 is 4.39 Å². The maximum Gasteiger partial charge on any atom is 0.227 e. The van der Waals surface area contributed by atoms with Gasteiger partial charge in [-0.05, 0) is 49.2 Å². The number of carbonyl (C=O) groups excluding carboxylic acids is 1. The monoisotopic (exact) mass is 549 g/mol. The van der Waals surface area contributed by atoms with Crippen LogP contribution < -0.4 is 5.32 Å². The Kier molecular flexibility index (Phi) is 6.22. The van der Waals surface area contributed by atoms with Crippen molar-refractivity contribution in [1.29, 1.82) is 0 Å². The van der Waals surface area contributed by atoms with Crippen LogP contribution in [-0.2, 0) is 4.79 Å². The van der Waals surface area contributed by atoms with Crippen LogP contribution in [0.1, 0.15) is 32.1 Å². The molecular weight excluding hydrogens is 524 g/mol. The molecule has 1 aliphatic rings. The quantitative estimate of drug-likeness (QED) is 0.214. The van der Waals surface area contributed by atoms with Gasteiger partial charge in [-0.15, -0.1) is 0 Å². The molecule has 2 aromatic carbocycles. The molecule has 204 valence electrons. The first-order chi connectivity index (χ1) is 20.0. The number of H-pyrrole nitrogens is 2. The summed E-state index contributed by atoms with van der Waals surface area (Å²) in [6.07, 6.45) is 9.80. The Bertz CT molecular complexity index is 1920. The topological polar surface area (TPSA) is 112 Å². The number of hydrogen-bond acceptors (Lipinski definition) is 5. The molecule has 41 heavy (non-hydrogen) atoms. The summed E-state index contributed by atoms with van der Waals surface area (Å²) in [5.41, 5.74) is 4.44. The molecule has 1 aliphatic carbocycles. The van der Waals surface area contributed by atoms with E-state index in [0.29, 0.717) is 56.1 Å². The molecule has 0 spiro atoms. The van der Waals surface area contributed by atoms with Gasteiger partial charge in [0.15, 0.2) is 5.82 Å². The molecule has 3 N–H and O–H groups in total. The van der Waals surface area contributed by atoms with Gasteiger partial charge < -0.3 is 10.3 Å². The van der Waals surface area contributed by atoms with E-state index in [-0.39, 0.29) is 23.0 Å². The van der Waals surface area contributed by atoms with Crippen LogP contribution >= 0.6 is 0 Å². The molecule has 7 rings (SSSR count). The van der Waals surface area contributed by atoms with Crippen molar-refractivity contribution in [1.82, 2.24) is 30.1 Å². The predicted molar refractivity (Wildman–Crippen MR) is 153 cm³/mol. The number of aromatic nitrogens is 6. The van der Waals surface area contributed by atoms with Crippen LogP contribution in [0, 0.1) is 17.6 Å². The summed E-state index contributed by atoms with van der Waals surface area (Å²) >= 11 is 0. The summed E-state index contributed by atoms with van der Waals surface area (Å²) in [5, 5.41) is 10.5. The molecule has 0 radical (unpaired) electrons. The van der Waals surface area contributed by atoms with Crippen LogP contribution in [0.2, 0.25) is 0 Å². The normalized spacial score (nSPS) is 14.1. The third-order valence-electron chi connectivity index (χ3n) is 7.68. The summed E-state index contributed by atoms with van der Waals surface area (Å²) in [5.74, 6) is -0.549. The molecule has 4 heterocycles. The number of imidazole rings is 1. The number of benzene rings is 2. The predicted octanol–water partition coefficient (Wildman–Crippen LogP) is 7.03. The lowest BCUT2D eigenvalue weighted by atomic mass is 9.88. The highest BCUT2D eigenvalue weighted by atomic mass is 19.1. The van der Waals surface area contributed by atoms with E-state index in [1.54, 1.807) is 55.0 Å². The minimum absolute atomic E-state index is 0.00517. The van der Waals surface area contributed by atoms with Gasteiger partial charge >= 0.3 is 0 Å². The third kappa shape index (κ3) is 4.61. The number of fused-ring (bicyclic) bond motifs is 2. The number of anilines is 1. The van der Waals surface area contributed by atoms with Crippen molar-refractivity contribution in [2.24, 2.45) is 5.92 Å². The number of rotatable bonds is 5. The van der Waals surface area contributed by atoms with Gasteiger partial charge in [-0.2, -0.15) is 5.10 Å². The highest BCUT2D eigenvalue weighted by molar-refractivity contribution is 5.98. The molecule has 0 unspecified atom stereocenters. The molecule has 0 aliphatic heterocycles. The summed E-state index contributed by atoms with van der Waals surface area (Å²) in [4.78, 5) is 29.4. The lowest BCUT2D eigenvalue weighted by Crippen LogP contribution is -2.24. The van der Waals surface area contributed by atoms with E-state index in [2.05, 4.69) is 30.5 Å². The average Bonchev–Trinajstić information content (AvgIpc) is 3.63. The van der Waals surface area contributed by atoms with Crippen molar-refractivity contribution in [3.05, 3.63) is 78.8 Å². The fourth-order valence-electron chi connectivity index (χ4n) is 5.63. The van der Waals surface area contributed by atoms with Gasteiger partial charge in [0.2, 0.25) is 5.91 Å². The zero-order valence-corrected chi connectivity index (χ0v) is 21.9. The Morgan fingerprint density at radius 2 is 1.80 bits per heavy atom. The fourth-order valence-corrected chi connectivity index (χ4v) is 5.63. The van der Waals surface area contributed by atoms with Gasteiger partial charge in [0.1, 0.15) is 22.8 Å². The van der Waals surface area contributed by atoms with Crippen LogP contribution in [0.3, 0.4) is 0 Å². The molecule has 0 atom stereocenters. The number of pyridine rings is 2. The second-order valence-electron chi connectivity index (χ2n) is 10.4. The Balaban J connectivity index is 1.26. The average molecular weight is 550 g/mol. The van der Waals surface area contributed by atoms with Gasteiger partial charge in [0.25, 0.3) is 0 Å². The zero-order chi connectivity index (χ0) is 27.9. The van der Waals surface area contributed by atoms with E-state index in [1.165, 1.54) is 12.1 Å².